The van der Waals surface area contributed by atoms with Crippen LogP contribution in [0.15, 0.2) is 54.6 Å². The number of sulfonamides is 1. The average Bonchev–Trinajstić information content (AvgIpc) is 2.55. The first kappa shape index (κ1) is 17.0. The largest absolute Gasteiger partial charge is 0.366 e. The highest BCUT2D eigenvalue weighted by Crippen LogP contribution is 2.23. The fraction of sp³-hybridized carbons (Fsp3) is 0.368. The van der Waals surface area contributed by atoms with E-state index in [1.54, 1.807) is 4.31 Å². The van der Waals surface area contributed by atoms with Gasteiger partial charge < -0.3 is 4.90 Å². The summed E-state index contributed by atoms with van der Waals surface area (Å²) in [7, 11) is -3.28. The van der Waals surface area contributed by atoms with Crippen molar-refractivity contribution in [2.24, 2.45) is 0 Å². The number of rotatable bonds is 4. The monoisotopic (exact) mass is 344 g/mol. The fourth-order valence-corrected chi connectivity index (χ4v) is 4.84. The molecular weight excluding hydrogens is 320 g/mol. The Labute approximate surface area is 144 Å². The molecule has 0 bridgehead atoms. The number of aryl methyl sites for hydroxylation is 1. The van der Waals surface area contributed by atoms with E-state index in [0.717, 1.165) is 12.1 Å². The highest BCUT2D eigenvalue weighted by molar-refractivity contribution is 7.88. The molecule has 0 aromatic heterocycles. The molecule has 5 heteroatoms. The Morgan fingerprint density at radius 1 is 1.04 bits per heavy atom. The summed E-state index contributed by atoms with van der Waals surface area (Å²) in [4.78, 5) is 2.29. The van der Waals surface area contributed by atoms with Crippen molar-refractivity contribution < 1.29 is 8.42 Å². The van der Waals surface area contributed by atoms with Crippen LogP contribution in [-0.2, 0) is 15.8 Å². The zero-order chi connectivity index (χ0) is 17.2. The Morgan fingerprint density at radius 3 is 2.46 bits per heavy atom. The molecule has 0 saturated carbocycles. The van der Waals surface area contributed by atoms with Crippen LogP contribution in [0.2, 0.25) is 0 Å². The molecule has 128 valence electrons. The Balaban J connectivity index is 1.71. The third kappa shape index (κ3) is 3.79. The predicted octanol–water partition coefficient (Wildman–Crippen LogP) is 3.04. The van der Waals surface area contributed by atoms with Crippen molar-refractivity contribution in [2.75, 3.05) is 24.5 Å². The van der Waals surface area contributed by atoms with E-state index >= 15 is 0 Å². The molecule has 0 spiro atoms. The second-order valence-electron chi connectivity index (χ2n) is 6.48. The quantitative estimate of drug-likeness (QED) is 0.856. The maximum atomic E-state index is 12.7. The van der Waals surface area contributed by atoms with Gasteiger partial charge in [0.2, 0.25) is 10.0 Å². The molecule has 0 aliphatic carbocycles. The molecule has 2 aromatic carbocycles. The molecule has 1 atom stereocenters. The molecule has 0 radical (unpaired) electrons. The topological polar surface area (TPSA) is 40.6 Å². The van der Waals surface area contributed by atoms with E-state index in [-0.39, 0.29) is 11.8 Å². The minimum Gasteiger partial charge on any atom is -0.366 e. The van der Waals surface area contributed by atoms with E-state index in [4.69, 9.17) is 0 Å². The third-order valence-corrected chi connectivity index (χ3v) is 6.33. The SMILES string of the molecule is Cc1cccc(N2CCN(S(=O)(=O)Cc3ccccc3)CC2C)c1. The minimum absolute atomic E-state index is 0.0744. The zero-order valence-electron chi connectivity index (χ0n) is 14.2. The first-order chi connectivity index (χ1) is 11.5. The van der Waals surface area contributed by atoms with Crippen LogP contribution in [0.4, 0.5) is 5.69 Å². The Kier molecular flexibility index (Phi) is 4.92. The van der Waals surface area contributed by atoms with Gasteiger partial charge in [-0.05, 0) is 37.1 Å². The average molecular weight is 344 g/mol. The smallest absolute Gasteiger partial charge is 0.218 e. The molecule has 1 saturated heterocycles. The number of anilines is 1. The van der Waals surface area contributed by atoms with Crippen molar-refractivity contribution in [2.45, 2.75) is 25.6 Å². The van der Waals surface area contributed by atoms with Gasteiger partial charge in [0.1, 0.15) is 0 Å². The molecule has 1 heterocycles. The molecule has 1 unspecified atom stereocenters. The summed E-state index contributed by atoms with van der Waals surface area (Å²) in [6.07, 6.45) is 0. The first-order valence-electron chi connectivity index (χ1n) is 8.31. The van der Waals surface area contributed by atoms with Gasteiger partial charge >= 0.3 is 0 Å². The minimum atomic E-state index is -3.28. The lowest BCUT2D eigenvalue weighted by Gasteiger charge is -2.40. The van der Waals surface area contributed by atoms with Gasteiger partial charge in [-0.3, -0.25) is 0 Å². The van der Waals surface area contributed by atoms with Gasteiger partial charge in [0, 0.05) is 31.4 Å². The summed E-state index contributed by atoms with van der Waals surface area (Å²) in [5.41, 5.74) is 3.23. The van der Waals surface area contributed by atoms with Crippen molar-refractivity contribution in [1.82, 2.24) is 4.31 Å². The van der Waals surface area contributed by atoms with Gasteiger partial charge in [0.25, 0.3) is 0 Å². The molecule has 2 aromatic rings. The van der Waals surface area contributed by atoms with Crippen LogP contribution in [0, 0.1) is 6.92 Å². The standard InChI is InChI=1S/C19H24N2O2S/c1-16-7-6-10-19(13-16)21-12-11-20(14-17(21)2)24(22,23)15-18-8-4-3-5-9-18/h3-10,13,17H,11-12,14-15H2,1-2H3. The van der Waals surface area contributed by atoms with Crippen LogP contribution in [0.5, 0.6) is 0 Å². The van der Waals surface area contributed by atoms with Gasteiger partial charge in [0.15, 0.2) is 0 Å². The summed E-state index contributed by atoms with van der Waals surface area (Å²) in [5.74, 6) is 0.0744. The normalized spacial score (nSPS) is 19.4. The molecule has 24 heavy (non-hydrogen) atoms. The van der Waals surface area contributed by atoms with Crippen molar-refractivity contribution in [3.63, 3.8) is 0 Å². The fourth-order valence-electron chi connectivity index (χ4n) is 3.24. The molecule has 3 rings (SSSR count). The zero-order valence-corrected chi connectivity index (χ0v) is 15.0. The Morgan fingerprint density at radius 2 is 1.79 bits per heavy atom. The molecule has 1 aliphatic rings. The van der Waals surface area contributed by atoms with E-state index in [0.29, 0.717) is 13.1 Å². The highest BCUT2D eigenvalue weighted by atomic mass is 32.2. The summed E-state index contributed by atoms with van der Waals surface area (Å²) >= 11 is 0. The van der Waals surface area contributed by atoms with Crippen LogP contribution in [0.25, 0.3) is 0 Å². The summed E-state index contributed by atoms with van der Waals surface area (Å²) < 4.78 is 27.0. The van der Waals surface area contributed by atoms with Crippen LogP contribution >= 0.6 is 0 Å². The van der Waals surface area contributed by atoms with E-state index in [1.165, 1.54) is 11.3 Å². The highest BCUT2D eigenvalue weighted by Gasteiger charge is 2.31. The molecule has 1 fully saturated rings. The van der Waals surface area contributed by atoms with E-state index in [1.807, 2.05) is 30.3 Å². The number of nitrogens with zero attached hydrogens (tertiary/aromatic N) is 2. The van der Waals surface area contributed by atoms with Gasteiger partial charge in [0.05, 0.1) is 5.75 Å². The number of hydrogen-bond donors (Lipinski definition) is 0. The summed E-state index contributed by atoms with van der Waals surface area (Å²) in [6, 6.07) is 17.9. The summed E-state index contributed by atoms with van der Waals surface area (Å²) in [6.45, 7) is 5.95. The second kappa shape index (κ2) is 6.95. The van der Waals surface area contributed by atoms with Crippen LogP contribution < -0.4 is 4.90 Å². The van der Waals surface area contributed by atoms with Gasteiger partial charge in [-0.1, -0.05) is 42.5 Å². The molecule has 4 nitrogen and oxygen atoms in total. The van der Waals surface area contributed by atoms with E-state index in [9.17, 15) is 8.42 Å². The van der Waals surface area contributed by atoms with Gasteiger partial charge in [-0.25, -0.2) is 8.42 Å². The lowest BCUT2D eigenvalue weighted by Crippen LogP contribution is -2.53. The van der Waals surface area contributed by atoms with Crippen molar-refractivity contribution >= 4 is 15.7 Å². The van der Waals surface area contributed by atoms with Gasteiger partial charge in [-0.2, -0.15) is 4.31 Å². The van der Waals surface area contributed by atoms with Gasteiger partial charge in [-0.15, -0.1) is 0 Å². The van der Waals surface area contributed by atoms with Crippen molar-refractivity contribution in [1.29, 1.82) is 0 Å². The van der Waals surface area contributed by atoms with Crippen LogP contribution in [0.1, 0.15) is 18.1 Å². The van der Waals surface area contributed by atoms with E-state index in [2.05, 4.69) is 43.0 Å². The molecule has 0 amide bonds. The number of hydrogen-bond acceptors (Lipinski definition) is 3. The molecule has 0 N–H and O–H groups in total. The predicted molar refractivity (Wildman–Crippen MR) is 98.6 cm³/mol. The van der Waals surface area contributed by atoms with Crippen molar-refractivity contribution in [3.8, 4) is 0 Å². The lowest BCUT2D eigenvalue weighted by molar-refractivity contribution is 0.342. The number of benzene rings is 2. The Hall–Kier alpha value is -1.85. The summed E-state index contributed by atoms with van der Waals surface area (Å²) in [5, 5.41) is 0. The lowest BCUT2D eigenvalue weighted by atomic mass is 10.1. The second-order valence-corrected chi connectivity index (χ2v) is 8.45. The maximum Gasteiger partial charge on any atom is 0.218 e. The molecular formula is C19H24N2O2S. The number of piperazine rings is 1. The van der Waals surface area contributed by atoms with Crippen molar-refractivity contribution in [3.05, 3.63) is 65.7 Å². The first-order valence-corrected chi connectivity index (χ1v) is 9.92. The van der Waals surface area contributed by atoms with E-state index < -0.39 is 10.0 Å². The molecule has 1 aliphatic heterocycles. The maximum absolute atomic E-state index is 12.7. The Bertz CT molecular complexity index is 790. The van der Waals surface area contributed by atoms with Crippen LogP contribution in [0.3, 0.4) is 0 Å². The third-order valence-electron chi connectivity index (χ3n) is 4.51. The van der Waals surface area contributed by atoms with Crippen LogP contribution in [-0.4, -0.2) is 38.4 Å².